The standard InChI is InChI=1S/C12H18O/c1-2-6-11(9-10-13)12-7-4-3-5-8-12/h3-5,7-8,11,13H,2,6,9-10H2,1H3. The van der Waals surface area contributed by atoms with E-state index < -0.39 is 0 Å². The maximum absolute atomic E-state index is 8.92. The largest absolute Gasteiger partial charge is 0.396 e. The number of hydrogen-bond donors (Lipinski definition) is 1. The second-order valence-electron chi connectivity index (χ2n) is 3.41. The lowest BCUT2D eigenvalue weighted by molar-refractivity contribution is 0.272. The lowest BCUT2D eigenvalue weighted by Gasteiger charge is -2.14. The first-order valence-corrected chi connectivity index (χ1v) is 5.04. The van der Waals surface area contributed by atoms with Crippen molar-refractivity contribution in [3.8, 4) is 0 Å². The first-order valence-electron chi connectivity index (χ1n) is 5.04. The van der Waals surface area contributed by atoms with E-state index in [1.54, 1.807) is 0 Å². The van der Waals surface area contributed by atoms with E-state index in [1.165, 1.54) is 18.4 Å². The molecule has 1 N–H and O–H groups in total. The van der Waals surface area contributed by atoms with E-state index in [1.807, 2.05) is 6.07 Å². The Morgan fingerprint density at radius 1 is 1.15 bits per heavy atom. The number of hydrogen-bond acceptors (Lipinski definition) is 1. The monoisotopic (exact) mass is 178 g/mol. The molecule has 1 aromatic rings. The molecule has 1 atom stereocenters. The Balaban J connectivity index is 2.64. The van der Waals surface area contributed by atoms with Gasteiger partial charge in [0.15, 0.2) is 0 Å². The van der Waals surface area contributed by atoms with E-state index in [0.717, 1.165) is 6.42 Å². The zero-order valence-electron chi connectivity index (χ0n) is 8.24. The molecule has 1 nitrogen and oxygen atoms in total. The van der Waals surface area contributed by atoms with Crippen molar-refractivity contribution in [3.63, 3.8) is 0 Å². The second-order valence-corrected chi connectivity index (χ2v) is 3.41. The van der Waals surface area contributed by atoms with Crippen LogP contribution in [0.15, 0.2) is 30.3 Å². The maximum Gasteiger partial charge on any atom is 0.0436 e. The van der Waals surface area contributed by atoms with E-state index in [0.29, 0.717) is 12.5 Å². The molecule has 13 heavy (non-hydrogen) atoms. The van der Waals surface area contributed by atoms with Crippen molar-refractivity contribution >= 4 is 0 Å². The van der Waals surface area contributed by atoms with Gasteiger partial charge in [-0.25, -0.2) is 0 Å². The zero-order chi connectivity index (χ0) is 9.52. The van der Waals surface area contributed by atoms with Gasteiger partial charge in [0, 0.05) is 6.61 Å². The summed E-state index contributed by atoms with van der Waals surface area (Å²) in [6.07, 6.45) is 3.24. The Bertz CT molecular complexity index is 212. The molecule has 0 amide bonds. The minimum Gasteiger partial charge on any atom is -0.396 e. The van der Waals surface area contributed by atoms with Gasteiger partial charge in [0.05, 0.1) is 0 Å². The molecule has 0 saturated carbocycles. The van der Waals surface area contributed by atoms with Crippen LogP contribution in [0.1, 0.15) is 37.7 Å². The molecule has 1 aromatic carbocycles. The molecule has 1 unspecified atom stereocenters. The molecule has 0 aromatic heterocycles. The third-order valence-corrected chi connectivity index (χ3v) is 2.39. The van der Waals surface area contributed by atoms with Crippen LogP contribution in [0.2, 0.25) is 0 Å². The fourth-order valence-electron chi connectivity index (χ4n) is 1.71. The number of aliphatic hydroxyl groups is 1. The number of aliphatic hydroxyl groups excluding tert-OH is 1. The summed E-state index contributed by atoms with van der Waals surface area (Å²) in [7, 11) is 0. The van der Waals surface area contributed by atoms with Crippen molar-refractivity contribution < 1.29 is 5.11 Å². The van der Waals surface area contributed by atoms with Crippen LogP contribution >= 0.6 is 0 Å². The number of benzene rings is 1. The van der Waals surface area contributed by atoms with Gasteiger partial charge in [-0.05, 0) is 24.3 Å². The quantitative estimate of drug-likeness (QED) is 0.735. The summed E-state index contributed by atoms with van der Waals surface area (Å²) in [5.74, 6) is 0.538. The van der Waals surface area contributed by atoms with Crippen molar-refractivity contribution in [2.45, 2.75) is 32.1 Å². The molecule has 0 heterocycles. The fourth-order valence-corrected chi connectivity index (χ4v) is 1.71. The zero-order valence-corrected chi connectivity index (χ0v) is 8.24. The van der Waals surface area contributed by atoms with Crippen LogP contribution in [0.4, 0.5) is 0 Å². The van der Waals surface area contributed by atoms with Crippen LogP contribution in [-0.2, 0) is 0 Å². The van der Waals surface area contributed by atoms with E-state index in [9.17, 15) is 0 Å². The SMILES string of the molecule is CCCC(CCO)c1ccccc1. The Labute approximate surface area is 80.4 Å². The summed E-state index contributed by atoms with van der Waals surface area (Å²) < 4.78 is 0. The fraction of sp³-hybridized carbons (Fsp3) is 0.500. The van der Waals surface area contributed by atoms with E-state index in [2.05, 4.69) is 31.2 Å². The van der Waals surface area contributed by atoms with Gasteiger partial charge in [-0.15, -0.1) is 0 Å². The van der Waals surface area contributed by atoms with Crippen LogP contribution in [0.25, 0.3) is 0 Å². The molecule has 0 saturated heterocycles. The predicted octanol–water partition coefficient (Wildman–Crippen LogP) is 2.95. The third-order valence-electron chi connectivity index (χ3n) is 2.39. The van der Waals surface area contributed by atoms with Gasteiger partial charge >= 0.3 is 0 Å². The summed E-state index contributed by atoms with van der Waals surface area (Å²) in [6.45, 7) is 2.48. The number of rotatable bonds is 5. The summed E-state index contributed by atoms with van der Waals surface area (Å²) in [5, 5.41) is 8.92. The predicted molar refractivity (Wildman–Crippen MR) is 55.8 cm³/mol. The van der Waals surface area contributed by atoms with E-state index in [-0.39, 0.29) is 0 Å². The van der Waals surface area contributed by atoms with Crippen molar-refractivity contribution in [2.75, 3.05) is 6.61 Å². The average Bonchev–Trinajstić information content (AvgIpc) is 2.19. The van der Waals surface area contributed by atoms with Crippen molar-refractivity contribution in [1.82, 2.24) is 0 Å². The first kappa shape index (κ1) is 10.3. The molecule has 0 bridgehead atoms. The Hall–Kier alpha value is -0.820. The molecular formula is C12H18O. The molecule has 0 fully saturated rings. The highest BCUT2D eigenvalue weighted by Gasteiger charge is 2.08. The van der Waals surface area contributed by atoms with Crippen molar-refractivity contribution in [3.05, 3.63) is 35.9 Å². The lowest BCUT2D eigenvalue weighted by Crippen LogP contribution is -2.00. The van der Waals surface area contributed by atoms with Gasteiger partial charge < -0.3 is 5.11 Å². The molecule has 0 spiro atoms. The average molecular weight is 178 g/mol. The van der Waals surface area contributed by atoms with E-state index in [4.69, 9.17) is 5.11 Å². The van der Waals surface area contributed by atoms with E-state index >= 15 is 0 Å². The highest BCUT2D eigenvalue weighted by atomic mass is 16.3. The van der Waals surface area contributed by atoms with Crippen LogP contribution in [0.3, 0.4) is 0 Å². The minimum atomic E-state index is 0.291. The molecule has 1 rings (SSSR count). The Morgan fingerprint density at radius 2 is 1.85 bits per heavy atom. The van der Waals surface area contributed by atoms with Crippen LogP contribution in [-0.4, -0.2) is 11.7 Å². The smallest absolute Gasteiger partial charge is 0.0436 e. The van der Waals surface area contributed by atoms with Gasteiger partial charge in [-0.1, -0.05) is 43.7 Å². The van der Waals surface area contributed by atoms with Gasteiger partial charge in [-0.2, -0.15) is 0 Å². The molecule has 0 aliphatic carbocycles. The van der Waals surface area contributed by atoms with Crippen LogP contribution < -0.4 is 0 Å². The molecule has 0 radical (unpaired) electrons. The summed E-state index contributed by atoms with van der Waals surface area (Å²) in [4.78, 5) is 0. The normalized spacial score (nSPS) is 12.8. The Kier molecular flexibility index (Phi) is 4.55. The van der Waals surface area contributed by atoms with Crippen LogP contribution in [0, 0.1) is 0 Å². The van der Waals surface area contributed by atoms with Crippen molar-refractivity contribution in [1.29, 1.82) is 0 Å². The topological polar surface area (TPSA) is 20.2 Å². The minimum absolute atomic E-state index is 0.291. The maximum atomic E-state index is 8.92. The molecule has 72 valence electrons. The first-order chi connectivity index (χ1) is 6.38. The lowest BCUT2D eigenvalue weighted by atomic mass is 9.92. The summed E-state index contributed by atoms with van der Waals surface area (Å²) >= 11 is 0. The van der Waals surface area contributed by atoms with Gasteiger partial charge in [0.25, 0.3) is 0 Å². The highest BCUT2D eigenvalue weighted by Crippen LogP contribution is 2.23. The second kappa shape index (κ2) is 5.76. The highest BCUT2D eigenvalue weighted by molar-refractivity contribution is 5.19. The molecule has 0 aliphatic heterocycles. The summed E-state index contributed by atoms with van der Waals surface area (Å²) in [6, 6.07) is 10.5. The van der Waals surface area contributed by atoms with Gasteiger partial charge in [0.1, 0.15) is 0 Å². The third kappa shape index (κ3) is 3.19. The van der Waals surface area contributed by atoms with Crippen LogP contribution in [0.5, 0.6) is 0 Å². The van der Waals surface area contributed by atoms with Gasteiger partial charge in [-0.3, -0.25) is 0 Å². The van der Waals surface area contributed by atoms with Crippen molar-refractivity contribution in [2.24, 2.45) is 0 Å². The molecular weight excluding hydrogens is 160 g/mol. The van der Waals surface area contributed by atoms with Gasteiger partial charge in [0.2, 0.25) is 0 Å². The molecule has 0 aliphatic rings. The summed E-state index contributed by atoms with van der Waals surface area (Å²) in [5.41, 5.74) is 1.36. The Morgan fingerprint density at radius 3 is 2.38 bits per heavy atom. The molecule has 1 heteroatoms.